The van der Waals surface area contributed by atoms with Crippen LogP contribution in [0.1, 0.15) is 27.7 Å². The van der Waals surface area contributed by atoms with Gasteiger partial charge in [0.25, 0.3) is 0 Å². The summed E-state index contributed by atoms with van der Waals surface area (Å²) < 4.78 is 4.98. The van der Waals surface area contributed by atoms with Gasteiger partial charge in [0, 0.05) is 10.6 Å². The van der Waals surface area contributed by atoms with Crippen molar-refractivity contribution in [2.75, 3.05) is 11.9 Å². The lowest BCUT2D eigenvalue weighted by molar-refractivity contribution is 0.0526. The van der Waals surface area contributed by atoms with E-state index in [0.29, 0.717) is 12.2 Å². The monoisotopic (exact) mass is 363 g/mol. The van der Waals surface area contributed by atoms with E-state index in [2.05, 4.69) is 29.1 Å². The van der Waals surface area contributed by atoms with Gasteiger partial charge in [0.2, 0.25) is 0 Å². The molecule has 24 heavy (non-hydrogen) atoms. The second-order valence-corrected chi connectivity index (χ2v) is 6.31. The van der Waals surface area contributed by atoms with E-state index < -0.39 is 0 Å². The lowest BCUT2D eigenvalue weighted by atomic mass is 10.2. The highest BCUT2D eigenvalue weighted by atomic mass is 35.5. The topological polar surface area (TPSA) is 64.1 Å². The normalized spacial score (nSPS) is 10.3. The first kappa shape index (κ1) is 18.2. The Kier molecular flexibility index (Phi) is 5.75. The predicted molar refractivity (Wildman–Crippen MR) is 99.8 cm³/mol. The zero-order valence-corrected chi connectivity index (χ0v) is 15.3. The lowest BCUT2D eigenvalue weighted by Crippen LogP contribution is -2.04. The second kappa shape index (κ2) is 7.59. The van der Waals surface area contributed by atoms with Gasteiger partial charge in [-0.2, -0.15) is 0 Å². The Labute approximate surface area is 150 Å². The van der Waals surface area contributed by atoms with Crippen molar-refractivity contribution in [2.24, 2.45) is 0 Å². The minimum Gasteiger partial charge on any atom is -0.462 e. The number of aromatic nitrogens is 2. The lowest BCUT2D eigenvalue weighted by Gasteiger charge is -2.08. The number of nitrogens with one attached hydrogen (secondary N) is 1. The molecule has 3 rings (SSSR count). The minimum absolute atomic E-state index is 0. The summed E-state index contributed by atoms with van der Waals surface area (Å²) >= 11 is 1.66. The molecule has 2 aromatic heterocycles. The third-order valence-electron chi connectivity index (χ3n) is 3.62. The van der Waals surface area contributed by atoms with Crippen molar-refractivity contribution in [1.82, 2.24) is 9.97 Å². The van der Waals surface area contributed by atoms with Crippen molar-refractivity contribution in [1.29, 1.82) is 0 Å². The largest absolute Gasteiger partial charge is 0.462 e. The van der Waals surface area contributed by atoms with Crippen LogP contribution in [0.25, 0.3) is 10.2 Å². The number of nitrogens with zero attached hydrogens (tertiary/aromatic N) is 2. The first-order valence-electron chi connectivity index (χ1n) is 7.35. The van der Waals surface area contributed by atoms with Crippen LogP contribution in [0.15, 0.2) is 30.6 Å². The average molecular weight is 364 g/mol. The molecule has 0 saturated heterocycles. The standard InChI is InChI=1S/C17H17N3O2S.ClH/c1-4-22-17(21)12-5-7-13(8-6-12)20-15-14-10(2)11(3)23-16(14)19-9-18-15;/h5-9H,4H2,1-3H3,(H,18,19,20);1H. The number of fused-ring (bicyclic) bond motifs is 1. The third-order valence-corrected chi connectivity index (χ3v) is 4.74. The van der Waals surface area contributed by atoms with Crippen LogP contribution < -0.4 is 5.32 Å². The zero-order chi connectivity index (χ0) is 16.4. The molecule has 126 valence electrons. The van der Waals surface area contributed by atoms with Crippen LogP contribution in [0.3, 0.4) is 0 Å². The van der Waals surface area contributed by atoms with Crippen LogP contribution in [0.2, 0.25) is 0 Å². The maximum atomic E-state index is 11.7. The Morgan fingerprint density at radius 1 is 1.21 bits per heavy atom. The smallest absolute Gasteiger partial charge is 0.338 e. The first-order chi connectivity index (χ1) is 11.1. The summed E-state index contributed by atoms with van der Waals surface area (Å²) in [7, 11) is 0. The van der Waals surface area contributed by atoms with Crippen molar-refractivity contribution in [2.45, 2.75) is 20.8 Å². The van der Waals surface area contributed by atoms with Gasteiger partial charge in [-0.15, -0.1) is 23.7 Å². The molecule has 2 heterocycles. The number of halogens is 1. The Morgan fingerprint density at radius 2 is 1.92 bits per heavy atom. The number of hydrogen-bond donors (Lipinski definition) is 1. The number of aryl methyl sites for hydroxylation is 2. The molecule has 0 aliphatic rings. The fourth-order valence-corrected chi connectivity index (χ4v) is 3.31. The predicted octanol–water partition coefficient (Wildman–Crippen LogP) is 4.65. The van der Waals surface area contributed by atoms with Crippen LogP contribution >= 0.6 is 23.7 Å². The van der Waals surface area contributed by atoms with Crippen molar-refractivity contribution in [3.8, 4) is 0 Å². The summed E-state index contributed by atoms with van der Waals surface area (Å²) in [5.74, 6) is 0.466. The van der Waals surface area contributed by atoms with Gasteiger partial charge >= 0.3 is 5.97 Å². The van der Waals surface area contributed by atoms with Crippen LogP contribution in [0.5, 0.6) is 0 Å². The highest BCUT2D eigenvalue weighted by Crippen LogP contribution is 2.33. The van der Waals surface area contributed by atoms with E-state index in [4.69, 9.17) is 4.74 Å². The second-order valence-electron chi connectivity index (χ2n) is 5.11. The molecule has 0 fully saturated rings. The number of carbonyl (C=O) groups excluding carboxylic acids is 1. The number of ether oxygens (including phenoxy) is 1. The molecule has 1 N–H and O–H groups in total. The van der Waals surface area contributed by atoms with Crippen LogP contribution in [-0.4, -0.2) is 22.5 Å². The van der Waals surface area contributed by atoms with Gasteiger partial charge in [-0.3, -0.25) is 0 Å². The summed E-state index contributed by atoms with van der Waals surface area (Å²) in [6.45, 7) is 6.32. The van der Waals surface area contributed by atoms with Gasteiger partial charge in [-0.1, -0.05) is 0 Å². The number of anilines is 2. The molecule has 0 amide bonds. The summed E-state index contributed by atoms with van der Waals surface area (Å²) in [5, 5.41) is 4.35. The van der Waals surface area contributed by atoms with Gasteiger partial charge in [-0.05, 0) is 50.6 Å². The zero-order valence-electron chi connectivity index (χ0n) is 13.6. The molecule has 3 aromatic rings. The SMILES string of the molecule is CCOC(=O)c1ccc(Nc2ncnc3sc(C)c(C)c23)cc1.Cl. The van der Waals surface area contributed by atoms with E-state index in [1.807, 2.05) is 12.1 Å². The highest BCUT2D eigenvalue weighted by Gasteiger charge is 2.12. The third kappa shape index (κ3) is 3.49. The van der Waals surface area contributed by atoms with E-state index in [1.54, 1.807) is 36.7 Å². The summed E-state index contributed by atoms with van der Waals surface area (Å²) in [6, 6.07) is 7.17. The van der Waals surface area contributed by atoms with Crippen LogP contribution in [0, 0.1) is 13.8 Å². The van der Waals surface area contributed by atoms with E-state index in [0.717, 1.165) is 21.7 Å². The number of thiophene rings is 1. The Hall–Kier alpha value is -2.18. The molecular formula is C17H18ClN3O2S. The van der Waals surface area contributed by atoms with E-state index in [9.17, 15) is 4.79 Å². The van der Waals surface area contributed by atoms with E-state index in [1.165, 1.54) is 10.4 Å². The molecule has 0 radical (unpaired) electrons. The highest BCUT2D eigenvalue weighted by molar-refractivity contribution is 7.18. The maximum absolute atomic E-state index is 11.7. The fraction of sp³-hybridized carbons (Fsp3) is 0.235. The average Bonchev–Trinajstić information content (AvgIpc) is 2.84. The molecule has 0 aliphatic heterocycles. The maximum Gasteiger partial charge on any atom is 0.338 e. The van der Waals surface area contributed by atoms with Crippen LogP contribution in [-0.2, 0) is 4.74 Å². The first-order valence-corrected chi connectivity index (χ1v) is 8.16. The molecule has 0 bridgehead atoms. The number of benzene rings is 1. The molecule has 0 saturated carbocycles. The van der Waals surface area contributed by atoms with Gasteiger partial charge < -0.3 is 10.1 Å². The van der Waals surface area contributed by atoms with Crippen molar-refractivity contribution < 1.29 is 9.53 Å². The van der Waals surface area contributed by atoms with Crippen LogP contribution in [0.4, 0.5) is 11.5 Å². The van der Waals surface area contributed by atoms with Crippen molar-refractivity contribution in [3.63, 3.8) is 0 Å². The fourth-order valence-electron chi connectivity index (χ4n) is 2.32. The Morgan fingerprint density at radius 3 is 2.58 bits per heavy atom. The summed E-state index contributed by atoms with van der Waals surface area (Å²) in [6.07, 6.45) is 1.56. The molecule has 0 aliphatic carbocycles. The molecule has 0 spiro atoms. The summed E-state index contributed by atoms with van der Waals surface area (Å²) in [4.78, 5) is 22.6. The quantitative estimate of drug-likeness (QED) is 0.683. The van der Waals surface area contributed by atoms with E-state index in [-0.39, 0.29) is 18.4 Å². The molecule has 7 heteroatoms. The number of hydrogen-bond acceptors (Lipinski definition) is 6. The van der Waals surface area contributed by atoms with Crippen molar-refractivity contribution in [3.05, 3.63) is 46.6 Å². The minimum atomic E-state index is -0.312. The van der Waals surface area contributed by atoms with Gasteiger partial charge in [0.1, 0.15) is 17.0 Å². The number of esters is 1. The van der Waals surface area contributed by atoms with Gasteiger partial charge in [0.05, 0.1) is 17.6 Å². The van der Waals surface area contributed by atoms with Gasteiger partial charge in [-0.25, -0.2) is 14.8 Å². The molecule has 1 aromatic carbocycles. The molecule has 0 atom stereocenters. The van der Waals surface area contributed by atoms with Crippen molar-refractivity contribution >= 4 is 51.4 Å². The number of rotatable bonds is 4. The number of carbonyl (C=O) groups is 1. The Balaban J connectivity index is 0.00000208. The molecule has 5 nitrogen and oxygen atoms in total. The van der Waals surface area contributed by atoms with Gasteiger partial charge in [0.15, 0.2) is 0 Å². The molecular weight excluding hydrogens is 346 g/mol. The van der Waals surface area contributed by atoms with E-state index >= 15 is 0 Å². The summed E-state index contributed by atoms with van der Waals surface area (Å²) in [5.41, 5.74) is 2.59. The molecule has 0 unspecified atom stereocenters. The Bertz CT molecular complexity index is 862.